The summed E-state index contributed by atoms with van der Waals surface area (Å²) in [6.07, 6.45) is 13.4. The average Bonchev–Trinajstić information content (AvgIpc) is 1.25. The van der Waals surface area contributed by atoms with E-state index in [1.54, 1.807) is 0 Å². The van der Waals surface area contributed by atoms with Gasteiger partial charge in [0.2, 0.25) is 0 Å². The van der Waals surface area contributed by atoms with E-state index < -0.39 is 0 Å². The van der Waals surface area contributed by atoms with E-state index in [1.807, 2.05) is 0 Å². The van der Waals surface area contributed by atoms with Crippen LogP contribution in [-0.2, 0) is 0 Å². The Bertz CT molecular complexity index is 8970. The molecule has 0 spiro atoms. The Kier molecular flexibility index (Phi) is 23.7. The molecule has 6 aromatic heterocycles. The zero-order valence-electron chi connectivity index (χ0n) is 88.2. The van der Waals surface area contributed by atoms with Crippen molar-refractivity contribution in [2.45, 2.75) is 158 Å². The van der Waals surface area contributed by atoms with Crippen LogP contribution in [0.4, 0.5) is 0 Å². The first kappa shape index (κ1) is 94.1. The molecule has 0 saturated heterocycles. The summed E-state index contributed by atoms with van der Waals surface area (Å²) in [5.74, 6) is 2.61. The highest BCUT2D eigenvalue weighted by molar-refractivity contribution is 6.28. The van der Waals surface area contributed by atoms with Crippen molar-refractivity contribution in [3.8, 4) is 134 Å². The van der Waals surface area contributed by atoms with Crippen LogP contribution in [0.25, 0.3) is 268 Å². The van der Waals surface area contributed by atoms with Gasteiger partial charge in [0.25, 0.3) is 0 Å². The van der Waals surface area contributed by atoms with E-state index in [-0.39, 0.29) is 0 Å². The van der Waals surface area contributed by atoms with Crippen molar-refractivity contribution in [3.05, 3.63) is 418 Å². The van der Waals surface area contributed by atoms with E-state index in [0.717, 1.165) is 266 Å². The molecular weight excluding hydrogens is 1820 g/mol. The molecular formula is C142H122N8. The number of rotatable bonds is 18. The molecule has 10 heterocycles. The Morgan fingerprint density at radius 1 is 0.160 bits per heavy atom. The highest BCUT2D eigenvalue weighted by Crippen LogP contribution is 2.55. The lowest BCUT2D eigenvalue weighted by molar-refractivity contribution is 0.867. The lowest BCUT2D eigenvalue weighted by Gasteiger charge is -2.20. The summed E-state index contributed by atoms with van der Waals surface area (Å²) in [6, 6.07) is 130. The monoisotopic (exact) mass is 1940 g/mol. The van der Waals surface area contributed by atoms with Gasteiger partial charge in [0.15, 0.2) is 0 Å². The maximum absolute atomic E-state index is 6.38. The van der Waals surface area contributed by atoms with Crippen LogP contribution in [0, 0.1) is 0 Å². The second-order valence-corrected chi connectivity index (χ2v) is 44.2. The third kappa shape index (κ3) is 16.6. The predicted molar refractivity (Wildman–Crippen MR) is 641 cm³/mol. The van der Waals surface area contributed by atoms with Crippen LogP contribution in [-0.4, -0.2) is 39.9 Å². The molecule has 4 aliphatic rings. The molecule has 8 heteroatoms. The summed E-state index contributed by atoms with van der Waals surface area (Å²) >= 11 is 0. The van der Waals surface area contributed by atoms with Gasteiger partial charge < -0.3 is 19.9 Å². The fourth-order valence-corrected chi connectivity index (χ4v) is 23.4. The Balaban J connectivity index is 0.818. The fraction of sp³-hybridized carbons (Fsp3) is 0.169. The van der Waals surface area contributed by atoms with Gasteiger partial charge in [-0.25, -0.2) is 19.9 Å². The minimum Gasteiger partial charge on any atom is -0.354 e. The highest BCUT2D eigenvalue weighted by atomic mass is 14.8. The topological polar surface area (TPSA) is 115 Å². The van der Waals surface area contributed by atoms with Crippen LogP contribution < -0.4 is 0 Å². The van der Waals surface area contributed by atoms with Crippen molar-refractivity contribution in [1.29, 1.82) is 0 Å². The van der Waals surface area contributed by atoms with E-state index in [0.29, 0.717) is 47.3 Å². The van der Waals surface area contributed by atoms with Crippen LogP contribution in [0.15, 0.2) is 340 Å². The van der Waals surface area contributed by atoms with Crippen LogP contribution in [0.3, 0.4) is 0 Å². The second kappa shape index (κ2) is 37.8. The number of fused-ring (bicyclic) bond motifs is 26. The first-order chi connectivity index (χ1) is 72.9. The summed E-state index contributed by atoms with van der Waals surface area (Å²) in [5.41, 5.74) is 47.8. The molecule has 25 rings (SSSR count). The van der Waals surface area contributed by atoms with Crippen molar-refractivity contribution in [1.82, 2.24) is 39.9 Å². The van der Waals surface area contributed by atoms with E-state index >= 15 is 0 Å². The number of hydrogen-bond acceptors (Lipinski definition) is 4. The summed E-state index contributed by atoms with van der Waals surface area (Å²) in [6.45, 7) is 36.4. The molecule has 8 nitrogen and oxygen atoms in total. The Morgan fingerprint density at radius 3 is 0.573 bits per heavy atom. The van der Waals surface area contributed by atoms with Crippen molar-refractivity contribution in [3.63, 3.8) is 0 Å². The molecule has 0 fully saturated rings. The Morgan fingerprint density at radius 2 is 0.347 bits per heavy atom. The van der Waals surface area contributed by atoms with Crippen LogP contribution >= 0.6 is 0 Å². The van der Waals surface area contributed by atoms with Gasteiger partial charge in [0, 0.05) is 99.5 Å². The van der Waals surface area contributed by atoms with E-state index in [1.165, 1.54) is 44.5 Å². The van der Waals surface area contributed by atoms with Gasteiger partial charge in [-0.05, 0) is 323 Å². The minimum atomic E-state index is 0.305. The summed E-state index contributed by atoms with van der Waals surface area (Å²) in [4.78, 5) is 41.1. The van der Waals surface area contributed by atoms with Gasteiger partial charge in [-0.3, -0.25) is 0 Å². The van der Waals surface area contributed by atoms with E-state index in [9.17, 15) is 0 Å². The van der Waals surface area contributed by atoms with Crippen molar-refractivity contribution in [2.75, 3.05) is 0 Å². The van der Waals surface area contributed by atoms with Gasteiger partial charge in [0.05, 0.1) is 56.6 Å². The normalized spacial score (nSPS) is 12.5. The third-order valence-electron chi connectivity index (χ3n) is 32.0. The van der Waals surface area contributed by atoms with Crippen LogP contribution in [0.1, 0.15) is 237 Å². The number of aromatic amines is 4. The molecule has 0 unspecified atom stereocenters. The molecule has 150 heavy (non-hydrogen) atoms. The highest BCUT2D eigenvalue weighted by Gasteiger charge is 2.32. The number of nitrogens with zero attached hydrogens (tertiary/aromatic N) is 4. The molecule has 0 atom stereocenters. The second-order valence-electron chi connectivity index (χ2n) is 44.2. The van der Waals surface area contributed by atoms with Gasteiger partial charge >= 0.3 is 0 Å². The summed E-state index contributed by atoms with van der Waals surface area (Å²) < 4.78 is 0. The predicted octanol–water partition coefficient (Wildman–Crippen LogP) is 40.2. The lowest BCUT2D eigenvalue weighted by atomic mass is 9.83. The summed E-state index contributed by atoms with van der Waals surface area (Å²) in [5, 5.41) is 11.0. The van der Waals surface area contributed by atoms with Gasteiger partial charge in [-0.2, -0.15) is 0 Å². The number of hydrogen-bond donors (Lipinski definition) is 4. The third-order valence-corrected chi connectivity index (χ3v) is 32.0. The van der Waals surface area contributed by atoms with Crippen molar-refractivity contribution < 1.29 is 0 Å². The molecule has 0 saturated carbocycles. The van der Waals surface area contributed by atoms with E-state index in [4.69, 9.17) is 19.9 Å². The van der Waals surface area contributed by atoms with Crippen LogP contribution in [0.2, 0.25) is 0 Å². The molecule has 4 aliphatic heterocycles. The van der Waals surface area contributed by atoms with Crippen molar-refractivity contribution >= 4 is 134 Å². The number of benzene rings is 15. The van der Waals surface area contributed by atoms with Gasteiger partial charge in [-0.15, -0.1) is 0 Å². The first-order valence-electron chi connectivity index (χ1n) is 53.8. The van der Waals surface area contributed by atoms with Gasteiger partial charge in [-0.1, -0.05) is 366 Å². The quantitative estimate of drug-likeness (QED) is 0.0641. The molecule has 0 amide bonds. The smallest absolute Gasteiger partial charge is 0.0816 e. The minimum absolute atomic E-state index is 0.305. The number of aromatic nitrogens is 8. The SMILES string of the molecule is CC(C)c1ccc(-c2c3nc(c(-c4ccc(C(C)C)cc4)c4[nH]c(c(-c5ccc(C(C)C)cc5)c5nc(c(-c6ccc(C(C)C)cc6)c6ccc2[nH]6)C=C5)c2cc5cc6c(-c7ccccc7)c7cc8cc9c(cc8cc7c(-c7ccccc7)c6cc5cc42)-c2nc-9c(-c4ccc(C(C)C)cc4)c4ccc([nH]4)c(-c4ccc(C(C)C)cc4)c4nc(c(-c5ccc(C(C)C)cc5)c5ccc([nH]5)c2-c2ccc(C(C)C)cc2)C=C4)C=C3)cc1. The average molecular weight is 1940 g/mol. The maximum Gasteiger partial charge on any atom is 0.0816 e. The number of H-pyrrole nitrogens is 4. The molecule has 0 radical (unpaired) electrons. The summed E-state index contributed by atoms with van der Waals surface area (Å²) in [7, 11) is 0. The molecule has 15 aromatic carbocycles. The van der Waals surface area contributed by atoms with E-state index in [2.05, 4.69) is 507 Å². The first-order valence-corrected chi connectivity index (χ1v) is 53.8. The molecule has 4 N–H and O–H groups in total. The maximum atomic E-state index is 6.38. The van der Waals surface area contributed by atoms with Crippen LogP contribution in [0.5, 0.6) is 0 Å². The lowest BCUT2D eigenvalue weighted by Crippen LogP contribution is -1.93. The molecule has 0 aliphatic carbocycles. The molecule has 21 aromatic rings. The standard InChI is InChI=1S/C142H122N8/c1-79(2)87-27-43-97(44-28-87)131-117-59-60-118(143-117)132(98-45-29-88(30-46-98)80(3)4)122-64-68-126(146-122)136(102-53-37-92(38-54-102)84(11)12)140-114-76-106-72-110-109(71-105(106)75-113(114)139(149-140)135(125-67-63-121(131)145-125)101-51-35-91(36-52-101)83(9)10)129(95-23-19-17-20-24-95)111-73-107-77-115-116(78-108(107)74-112(111)130(110)96-25-21-18-22-26-96)142-138(104-57-41-94(42-58-104)86(15)16)128-70-66-124(148-128)134(100-49-33-90(34-50-100)82(7)8)120-62-61-119(144-120)133(99-47-31-89(32-48-99)81(5)6)123-65-69-127(147-123)137(141(115)150-142)103-55-39-93(40-56-103)85(13)14/h17-86,143,147-149H,1-16H3. The van der Waals surface area contributed by atoms with Crippen molar-refractivity contribution in [2.24, 2.45) is 0 Å². The van der Waals surface area contributed by atoms with Gasteiger partial charge in [0.1, 0.15) is 0 Å². The zero-order chi connectivity index (χ0) is 102. The largest absolute Gasteiger partial charge is 0.354 e. The molecule has 16 bridgehead atoms. The Labute approximate surface area is 878 Å². The molecule has 730 valence electrons. The zero-order valence-corrected chi connectivity index (χ0v) is 88.2. The Hall–Kier alpha value is -16.9. The fourth-order valence-electron chi connectivity index (χ4n) is 23.4. The number of nitrogens with one attached hydrogen (secondary N) is 4.